The zero-order chi connectivity index (χ0) is 23.3. The van der Waals surface area contributed by atoms with Crippen molar-refractivity contribution < 1.29 is 27.8 Å². The molecule has 1 aliphatic carbocycles. The number of carbonyl (C=O) groups excluding carboxylic acids is 1. The Kier molecular flexibility index (Phi) is 7.64. The van der Waals surface area contributed by atoms with Crippen molar-refractivity contribution in [2.75, 3.05) is 13.2 Å². The summed E-state index contributed by atoms with van der Waals surface area (Å²) in [4.78, 5) is 11.9. The van der Waals surface area contributed by atoms with Gasteiger partial charge in [-0.15, -0.1) is 0 Å². The summed E-state index contributed by atoms with van der Waals surface area (Å²) in [7, 11) is -3.79. The Bertz CT molecular complexity index is 1020. The minimum atomic E-state index is -3.79. The highest BCUT2D eigenvalue weighted by Gasteiger charge is 2.34. The molecule has 1 heterocycles. The molecule has 3 atom stereocenters. The molecule has 1 saturated carbocycles. The van der Waals surface area contributed by atoms with Gasteiger partial charge in [0.15, 0.2) is 0 Å². The van der Waals surface area contributed by atoms with Crippen LogP contribution in [0.3, 0.4) is 0 Å². The molecule has 2 aliphatic rings. The van der Waals surface area contributed by atoms with Crippen LogP contribution in [0.5, 0.6) is 11.5 Å². The Hall–Kier alpha value is -2.46. The van der Waals surface area contributed by atoms with Crippen LogP contribution in [0.15, 0.2) is 59.5 Å². The molecule has 1 amide bonds. The van der Waals surface area contributed by atoms with Gasteiger partial charge >= 0.3 is 0 Å². The number of hydrogen-bond acceptors (Lipinski definition) is 6. The lowest BCUT2D eigenvalue weighted by molar-refractivity contribution is -0.122. The Morgan fingerprint density at radius 2 is 1.70 bits per heavy atom. The van der Waals surface area contributed by atoms with E-state index in [1.165, 1.54) is 12.1 Å². The second-order valence-corrected chi connectivity index (χ2v) is 10.2. The van der Waals surface area contributed by atoms with E-state index in [1.807, 2.05) is 30.3 Å². The summed E-state index contributed by atoms with van der Waals surface area (Å²) in [6.45, 7) is 0.230. The molecular formula is C24H30N2O6S. The molecule has 8 nitrogen and oxygen atoms in total. The third kappa shape index (κ3) is 6.54. The van der Waals surface area contributed by atoms with Gasteiger partial charge in [-0.3, -0.25) is 4.79 Å². The zero-order valence-corrected chi connectivity index (χ0v) is 19.2. The minimum Gasteiger partial charge on any atom is -0.457 e. The second kappa shape index (κ2) is 10.6. The van der Waals surface area contributed by atoms with Crippen LogP contribution in [0.1, 0.15) is 32.1 Å². The van der Waals surface area contributed by atoms with E-state index in [0.717, 1.165) is 12.8 Å². The van der Waals surface area contributed by atoms with Crippen molar-refractivity contribution in [3.63, 3.8) is 0 Å². The van der Waals surface area contributed by atoms with E-state index in [9.17, 15) is 18.3 Å². The maximum Gasteiger partial charge on any atom is 0.240 e. The third-order valence-corrected chi connectivity index (χ3v) is 7.43. The smallest absolute Gasteiger partial charge is 0.240 e. The average molecular weight is 475 g/mol. The number of ether oxygens (including phenoxy) is 2. The van der Waals surface area contributed by atoms with Crippen LogP contribution in [0.25, 0.3) is 0 Å². The fourth-order valence-corrected chi connectivity index (χ4v) is 5.20. The number of rotatable bonds is 10. The molecule has 1 saturated heterocycles. The van der Waals surface area contributed by atoms with Crippen molar-refractivity contribution in [1.29, 1.82) is 0 Å². The van der Waals surface area contributed by atoms with Crippen molar-refractivity contribution >= 4 is 15.9 Å². The number of hydrogen-bond donors (Lipinski definition) is 3. The molecule has 4 rings (SSSR count). The molecule has 0 unspecified atom stereocenters. The van der Waals surface area contributed by atoms with Gasteiger partial charge in [-0.2, -0.15) is 0 Å². The summed E-state index contributed by atoms with van der Waals surface area (Å²) < 4.78 is 40.1. The first-order chi connectivity index (χ1) is 15.9. The molecule has 2 fully saturated rings. The van der Waals surface area contributed by atoms with Crippen molar-refractivity contribution in [3.05, 3.63) is 54.6 Å². The standard InChI is InChI=1S/C24H30N2O6S/c27-16-23-22(13-10-20(32-23)14-15-25-24(28)17-6-7-17)26-33(29,30)21-11-8-19(9-12-21)31-18-4-2-1-3-5-18/h1-5,8-9,11-12,17,20,22-23,26-27H,6-7,10,13-16H2,(H,25,28)/t20-,22+,23+/m1/s1. The molecule has 0 radical (unpaired) electrons. The lowest BCUT2D eigenvalue weighted by Gasteiger charge is -2.36. The van der Waals surface area contributed by atoms with E-state index in [-0.39, 0.29) is 29.4 Å². The Balaban J connectivity index is 1.30. The summed E-state index contributed by atoms with van der Waals surface area (Å²) in [5, 5.41) is 12.7. The number of amides is 1. The van der Waals surface area contributed by atoms with Crippen molar-refractivity contribution in [1.82, 2.24) is 10.0 Å². The maximum atomic E-state index is 12.9. The molecule has 0 bridgehead atoms. The van der Waals surface area contributed by atoms with Gasteiger partial charge in [-0.1, -0.05) is 18.2 Å². The molecule has 0 spiro atoms. The van der Waals surface area contributed by atoms with Crippen LogP contribution in [0.4, 0.5) is 0 Å². The van der Waals surface area contributed by atoms with Crippen LogP contribution in [0, 0.1) is 5.92 Å². The maximum absolute atomic E-state index is 12.9. The first kappa shape index (κ1) is 23.7. The normalized spacial score (nSPS) is 23.1. The minimum absolute atomic E-state index is 0.0929. The van der Waals surface area contributed by atoms with Crippen LogP contribution in [0.2, 0.25) is 0 Å². The number of carbonyl (C=O) groups is 1. The van der Waals surface area contributed by atoms with Crippen molar-refractivity contribution in [3.8, 4) is 11.5 Å². The number of benzene rings is 2. The fourth-order valence-electron chi connectivity index (χ4n) is 3.90. The fraction of sp³-hybridized carbons (Fsp3) is 0.458. The lowest BCUT2D eigenvalue weighted by Crippen LogP contribution is -2.51. The highest BCUT2D eigenvalue weighted by atomic mass is 32.2. The largest absolute Gasteiger partial charge is 0.457 e. The number of aliphatic hydroxyl groups is 1. The summed E-state index contributed by atoms with van der Waals surface area (Å²) in [6.07, 6.45) is 2.98. The predicted molar refractivity (Wildman–Crippen MR) is 122 cm³/mol. The van der Waals surface area contributed by atoms with Gasteiger partial charge in [0.25, 0.3) is 0 Å². The SMILES string of the molecule is O=C(NCC[C@H]1CC[C@H](NS(=O)(=O)c2ccc(Oc3ccccc3)cc2)[C@H](CO)O1)C1CC1. The monoisotopic (exact) mass is 474 g/mol. The number of sulfonamides is 1. The third-order valence-electron chi connectivity index (χ3n) is 5.93. The summed E-state index contributed by atoms with van der Waals surface area (Å²) in [6, 6.07) is 14.9. The van der Waals surface area contributed by atoms with Crippen LogP contribution in [-0.4, -0.2) is 50.8 Å². The first-order valence-corrected chi connectivity index (χ1v) is 12.8. The molecule has 178 valence electrons. The molecule has 33 heavy (non-hydrogen) atoms. The number of nitrogens with one attached hydrogen (secondary N) is 2. The van der Waals surface area contributed by atoms with E-state index in [4.69, 9.17) is 9.47 Å². The molecular weight excluding hydrogens is 444 g/mol. The van der Waals surface area contributed by atoms with E-state index in [1.54, 1.807) is 12.1 Å². The lowest BCUT2D eigenvalue weighted by atomic mass is 9.98. The second-order valence-electron chi connectivity index (χ2n) is 8.52. The van der Waals surface area contributed by atoms with Gasteiger partial charge in [0.05, 0.1) is 29.8 Å². The van der Waals surface area contributed by atoms with Gasteiger partial charge < -0.3 is 19.9 Å². The number of para-hydroxylation sites is 1. The first-order valence-electron chi connectivity index (χ1n) is 11.3. The van der Waals surface area contributed by atoms with Crippen LogP contribution in [-0.2, 0) is 19.6 Å². The molecule has 3 N–H and O–H groups in total. The van der Waals surface area contributed by atoms with Gasteiger partial charge in [-0.05, 0) is 68.5 Å². The summed E-state index contributed by atoms with van der Waals surface area (Å²) in [5.41, 5.74) is 0. The van der Waals surface area contributed by atoms with Gasteiger partial charge in [-0.25, -0.2) is 13.1 Å². The van der Waals surface area contributed by atoms with E-state index < -0.39 is 22.2 Å². The molecule has 9 heteroatoms. The number of aliphatic hydroxyl groups excluding tert-OH is 1. The van der Waals surface area contributed by atoms with Gasteiger partial charge in [0.1, 0.15) is 11.5 Å². The zero-order valence-electron chi connectivity index (χ0n) is 18.4. The highest BCUT2D eigenvalue weighted by Crippen LogP contribution is 2.29. The quantitative estimate of drug-likeness (QED) is 0.488. The highest BCUT2D eigenvalue weighted by molar-refractivity contribution is 7.89. The van der Waals surface area contributed by atoms with E-state index in [0.29, 0.717) is 37.3 Å². The topological polar surface area (TPSA) is 114 Å². The van der Waals surface area contributed by atoms with E-state index >= 15 is 0 Å². The van der Waals surface area contributed by atoms with Gasteiger partial charge in [0, 0.05) is 12.5 Å². The molecule has 2 aromatic carbocycles. The Morgan fingerprint density at radius 1 is 1.00 bits per heavy atom. The average Bonchev–Trinajstić information content (AvgIpc) is 3.66. The summed E-state index contributed by atoms with van der Waals surface area (Å²) in [5.74, 6) is 1.46. The summed E-state index contributed by atoms with van der Waals surface area (Å²) >= 11 is 0. The van der Waals surface area contributed by atoms with Crippen molar-refractivity contribution in [2.24, 2.45) is 5.92 Å². The molecule has 1 aliphatic heterocycles. The molecule has 0 aromatic heterocycles. The molecule has 2 aromatic rings. The Morgan fingerprint density at radius 3 is 2.36 bits per heavy atom. The van der Waals surface area contributed by atoms with Crippen LogP contribution >= 0.6 is 0 Å². The van der Waals surface area contributed by atoms with Crippen molar-refractivity contribution in [2.45, 2.75) is 55.2 Å². The Labute approximate surface area is 194 Å². The van der Waals surface area contributed by atoms with Gasteiger partial charge in [0.2, 0.25) is 15.9 Å². The van der Waals surface area contributed by atoms with E-state index in [2.05, 4.69) is 10.0 Å². The van der Waals surface area contributed by atoms with Crippen LogP contribution < -0.4 is 14.8 Å². The predicted octanol–water partition coefficient (Wildman–Crippen LogP) is 2.58.